The molecule has 2 rings (SSSR count). The minimum Gasteiger partial charge on any atom is -0.465 e. The molecule has 0 unspecified atom stereocenters. The summed E-state index contributed by atoms with van der Waals surface area (Å²) >= 11 is 0. The van der Waals surface area contributed by atoms with Gasteiger partial charge in [-0.25, -0.2) is 4.79 Å². The van der Waals surface area contributed by atoms with Crippen molar-refractivity contribution in [2.45, 2.75) is 65.7 Å². The van der Waals surface area contributed by atoms with Crippen LogP contribution in [0.3, 0.4) is 0 Å². The Bertz CT molecular complexity index is 561. The molecule has 1 amide bonds. The predicted molar refractivity (Wildman–Crippen MR) is 87.5 cm³/mol. The van der Waals surface area contributed by atoms with Gasteiger partial charge < -0.3 is 5.11 Å². The van der Waals surface area contributed by atoms with Crippen molar-refractivity contribution in [2.75, 3.05) is 11.4 Å². The van der Waals surface area contributed by atoms with Gasteiger partial charge in [-0.3, -0.25) is 4.90 Å². The second-order valence-electron chi connectivity index (χ2n) is 6.84. The van der Waals surface area contributed by atoms with Gasteiger partial charge in [-0.05, 0) is 66.8 Å². The van der Waals surface area contributed by atoms with Crippen LogP contribution in [0.4, 0.5) is 10.5 Å². The van der Waals surface area contributed by atoms with Gasteiger partial charge in [0.15, 0.2) is 0 Å². The first-order valence-corrected chi connectivity index (χ1v) is 7.93. The fraction of sp³-hybridized carbons (Fsp3) is 0.611. The lowest BCUT2D eigenvalue weighted by molar-refractivity contribution is 0.201. The molecule has 21 heavy (non-hydrogen) atoms. The van der Waals surface area contributed by atoms with E-state index in [4.69, 9.17) is 0 Å². The van der Waals surface area contributed by atoms with E-state index in [1.807, 2.05) is 0 Å². The molecule has 0 bridgehead atoms. The molecule has 1 aromatic rings. The number of rotatable bonds is 4. The van der Waals surface area contributed by atoms with Crippen molar-refractivity contribution < 1.29 is 9.90 Å². The molecular formula is C18H27NO2. The van der Waals surface area contributed by atoms with E-state index in [0.29, 0.717) is 6.54 Å². The van der Waals surface area contributed by atoms with Crippen LogP contribution in [-0.4, -0.2) is 17.7 Å². The van der Waals surface area contributed by atoms with E-state index in [2.05, 4.69) is 40.7 Å². The van der Waals surface area contributed by atoms with Gasteiger partial charge in [-0.1, -0.05) is 27.2 Å². The average molecular weight is 289 g/mol. The molecule has 3 nitrogen and oxygen atoms in total. The Labute approximate surface area is 128 Å². The fourth-order valence-corrected chi connectivity index (χ4v) is 3.37. The average Bonchev–Trinajstić information content (AvgIpc) is 2.71. The quantitative estimate of drug-likeness (QED) is 0.864. The Kier molecular flexibility index (Phi) is 4.31. The van der Waals surface area contributed by atoms with Crippen LogP contribution in [0.15, 0.2) is 6.07 Å². The van der Waals surface area contributed by atoms with E-state index in [1.165, 1.54) is 21.6 Å². The molecule has 0 radical (unpaired) electrons. The third-order valence-electron chi connectivity index (χ3n) is 4.99. The molecule has 1 aliphatic rings. The molecule has 0 aromatic heterocycles. The minimum atomic E-state index is -0.846. The van der Waals surface area contributed by atoms with Crippen molar-refractivity contribution in [2.24, 2.45) is 0 Å². The Morgan fingerprint density at radius 1 is 1.33 bits per heavy atom. The highest BCUT2D eigenvalue weighted by Gasteiger charge is 2.33. The summed E-state index contributed by atoms with van der Waals surface area (Å²) in [6, 6.07) is 2.13. The van der Waals surface area contributed by atoms with Crippen LogP contribution in [0.2, 0.25) is 0 Å². The van der Waals surface area contributed by atoms with Crippen LogP contribution >= 0.6 is 0 Å². The molecule has 0 spiro atoms. The van der Waals surface area contributed by atoms with E-state index in [9.17, 15) is 9.90 Å². The van der Waals surface area contributed by atoms with Gasteiger partial charge in [-0.15, -0.1) is 0 Å². The van der Waals surface area contributed by atoms with Gasteiger partial charge in [-0.2, -0.15) is 0 Å². The lowest BCUT2D eigenvalue weighted by Crippen LogP contribution is -2.31. The Morgan fingerprint density at radius 3 is 2.57 bits per heavy atom. The van der Waals surface area contributed by atoms with Crippen LogP contribution < -0.4 is 4.90 Å². The van der Waals surface area contributed by atoms with E-state index in [0.717, 1.165) is 36.9 Å². The molecule has 0 heterocycles. The maximum Gasteiger partial charge on any atom is 0.411 e. The standard InChI is InChI=1S/C18H27NO2/c1-6-7-10-19(17(20)21)16-11-15-14(12(2)13(16)3)8-9-18(15,4)5/h11H,6-10H2,1-5H3,(H,20,21). The van der Waals surface area contributed by atoms with Crippen molar-refractivity contribution in [3.8, 4) is 0 Å². The SMILES string of the molecule is CCCCN(C(=O)O)c1cc2c(c(C)c1C)CCC2(C)C. The van der Waals surface area contributed by atoms with Crippen molar-refractivity contribution >= 4 is 11.8 Å². The van der Waals surface area contributed by atoms with Gasteiger partial charge in [0, 0.05) is 6.54 Å². The maximum atomic E-state index is 11.7. The van der Waals surface area contributed by atoms with E-state index in [1.54, 1.807) is 0 Å². The number of hydrogen-bond acceptors (Lipinski definition) is 1. The van der Waals surface area contributed by atoms with Gasteiger partial charge in [0.05, 0.1) is 5.69 Å². The third kappa shape index (κ3) is 2.78. The van der Waals surface area contributed by atoms with Crippen molar-refractivity contribution in [3.63, 3.8) is 0 Å². The lowest BCUT2D eigenvalue weighted by atomic mass is 9.84. The number of unbranched alkanes of at least 4 members (excludes halogenated alkanes) is 1. The molecule has 1 aromatic carbocycles. The minimum absolute atomic E-state index is 0.150. The molecule has 0 saturated carbocycles. The number of carbonyl (C=O) groups is 1. The monoisotopic (exact) mass is 289 g/mol. The Morgan fingerprint density at radius 2 is 2.00 bits per heavy atom. The summed E-state index contributed by atoms with van der Waals surface area (Å²) in [5.74, 6) is 0. The number of benzene rings is 1. The second kappa shape index (κ2) is 5.70. The summed E-state index contributed by atoms with van der Waals surface area (Å²) < 4.78 is 0. The first-order valence-electron chi connectivity index (χ1n) is 7.93. The Hall–Kier alpha value is -1.51. The summed E-state index contributed by atoms with van der Waals surface area (Å²) in [6.07, 6.45) is 3.30. The van der Waals surface area contributed by atoms with Crippen LogP contribution in [-0.2, 0) is 11.8 Å². The number of carboxylic acid groups (broad SMARTS) is 1. The maximum absolute atomic E-state index is 11.7. The van der Waals surface area contributed by atoms with Gasteiger partial charge in [0.25, 0.3) is 0 Å². The zero-order valence-electron chi connectivity index (χ0n) is 13.9. The van der Waals surface area contributed by atoms with Gasteiger partial charge in [0.1, 0.15) is 0 Å². The number of nitrogens with zero attached hydrogens (tertiary/aromatic N) is 1. The van der Waals surface area contributed by atoms with E-state index in [-0.39, 0.29) is 5.41 Å². The lowest BCUT2D eigenvalue weighted by Gasteiger charge is -2.27. The molecule has 3 heteroatoms. The first-order chi connectivity index (χ1) is 9.79. The zero-order chi connectivity index (χ0) is 15.8. The number of fused-ring (bicyclic) bond motifs is 1. The third-order valence-corrected chi connectivity index (χ3v) is 4.99. The highest BCUT2D eigenvalue weighted by atomic mass is 16.4. The van der Waals surface area contributed by atoms with Crippen LogP contribution in [0, 0.1) is 13.8 Å². The summed E-state index contributed by atoms with van der Waals surface area (Å²) in [5, 5.41) is 9.57. The van der Waals surface area contributed by atoms with Crippen LogP contribution in [0.25, 0.3) is 0 Å². The number of anilines is 1. The summed E-state index contributed by atoms with van der Waals surface area (Å²) in [4.78, 5) is 13.2. The van der Waals surface area contributed by atoms with Crippen LogP contribution in [0.1, 0.15) is 62.3 Å². The summed E-state index contributed by atoms with van der Waals surface area (Å²) in [5.41, 5.74) is 6.19. The summed E-state index contributed by atoms with van der Waals surface area (Å²) in [6.45, 7) is 11.4. The Balaban J connectivity index is 2.54. The summed E-state index contributed by atoms with van der Waals surface area (Å²) in [7, 11) is 0. The first kappa shape index (κ1) is 15.9. The molecule has 0 fully saturated rings. The molecule has 0 saturated heterocycles. The molecule has 1 aliphatic carbocycles. The second-order valence-corrected chi connectivity index (χ2v) is 6.84. The molecule has 116 valence electrons. The number of amides is 1. The predicted octanol–water partition coefficient (Wildman–Crippen LogP) is 4.81. The largest absolute Gasteiger partial charge is 0.465 e. The normalized spacial score (nSPS) is 15.9. The van der Waals surface area contributed by atoms with Crippen molar-refractivity contribution in [1.29, 1.82) is 0 Å². The highest BCUT2D eigenvalue weighted by molar-refractivity contribution is 5.88. The van der Waals surface area contributed by atoms with Gasteiger partial charge >= 0.3 is 6.09 Å². The molecular weight excluding hydrogens is 262 g/mol. The highest BCUT2D eigenvalue weighted by Crippen LogP contribution is 2.43. The van der Waals surface area contributed by atoms with Gasteiger partial charge in [0.2, 0.25) is 0 Å². The van der Waals surface area contributed by atoms with Crippen molar-refractivity contribution in [1.82, 2.24) is 0 Å². The van der Waals surface area contributed by atoms with E-state index >= 15 is 0 Å². The topological polar surface area (TPSA) is 40.5 Å². The molecule has 0 aliphatic heterocycles. The van der Waals surface area contributed by atoms with Crippen LogP contribution in [0.5, 0.6) is 0 Å². The molecule has 1 N–H and O–H groups in total. The number of hydrogen-bond donors (Lipinski definition) is 1. The molecule has 0 atom stereocenters. The zero-order valence-corrected chi connectivity index (χ0v) is 13.9. The van der Waals surface area contributed by atoms with Crippen molar-refractivity contribution in [3.05, 3.63) is 28.3 Å². The van der Waals surface area contributed by atoms with E-state index < -0.39 is 6.09 Å². The smallest absolute Gasteiger partial charge is 0.411 e. The fourth-order valence-electron chi connectivity index (χ4n) is 3.37.